The van der Waals surface area contributed by atoms with Crippen LogP contribution in [0.5, 0.6) is 0 Å². The van der Waals surface area contributed by atoms with Crippen LogP contribution in [0, 0.1) is 17.8 Å². The highest BCUT2D eigenvalue weighted by atomic mass is 28.4. The normalized spacial score (nSPS) is 17.4. The van der Waals surface area contributed by atoms with Gasteiger partial charge in [0, 0.05) is 0 Å². The lowest BCUT2D eigenvalue weighted by molar-refractivity contribution is 0.142. The van der Waals surface area contributed by atoms with E-state index in [0.29, 0.717) is 5.92 Å². The third-order valence-electron chi connectivity index (χ3n) is 5.38. The molecule has 0 heterocycles. The van der Waals surface area contributed by atoms with Crippen LogP contribution < -0.4 is 0 Å². The molecule has 3 unspecified atom stereocenters. The first-order valence-electron chi connectivity index (χ1n) is 13.5. The van der Waals surface area contributed by atoms with Gasteiger partial charge in [-0.3, -0.25) is 0 Å². The fourth-order valence-electron chi connectivity index (χ4n) is 3.56. The van der Waals surface area contributed by atoms with Crippen molar-refractivity contribution in [2.24, 2.45) is 17.8 Å². The quantitative estimate of drug-likeness (QED) is 0.151. The molecule has 0 bridgehead atoms. The van der Waals surface area contributed by atoms with Gasteiger partial charge in [-0.2, -0.15) is 0 Å². The Morgan fingerprint density at radius 1 is 0.767 bits per heavy atom. The fourth-order valence-corrected chi connectivity index (χ4v) is 4.94. The van der Waals surface area contributed by atoms with Gasteiger partial charge in [0.1, 0.15) is 0 Å². The summed E-state index contributed by atoms with van der Waals surface area (Å²) < 4.78 is 29.3. The van der Waals surface area contributed by atoms with Gasteiger partial charge in [0.2, 0.25) is 0 Å². The molecule has 0 rings (SSSR count). The average Bonchev–Trinajstić information content (AvgIpc) is 2.56. The van der Waals surface area contributed by atoms with Gasteiger partial charge < -0.3 is 8.85 Å². The van der Waals surface area contributed by atoms with Crippen LogP contribution in [0.1, 0.15) is 88.2 Å². The van der Waals surface area contributed by atoms with Crippen molar-refractivity contribution in [2.45, 2.75) is 131 Å². The molecule has 0 spiro atoms. The van der Waals surface area contributed by atoms with Crippen LogP contribution in [-0.2, 0) is 8.85 Å². The molecule has 0 radical (unpaired) electrons. The Hall–Kier alpha value is 0.0938. The van der Waals surface area contributed by atoms with Gasteiger partial charge in [-0.25, -0.2) is 0 Å². The first-order chi connectivity index (χ1) is 14.4. The summed E-state index contributed by atoms with van der Waals surface area (Å²) in [4.78, 5) is 0. The Kier molecular flexibility index (Phi) is 13.2. The lowest BCUT2D eigenvalue weighted by Gasteiger charge is -2.30. The van der Waals surface area contributed by atoms with Crippen molar-refractivity contribution in [1.82, 2.24) is 0 Å². The molecule has 4 heteroatoms. The van der Waals surface area contributed by atoms with Gasteiger partial charge >= 0.3 is 0 Å². The highest BCUT2D eigenvalue weighted by molar-refractivity contribution is 6.70. The average molecular weight is 459 g/mol. The third-order valence-corrected chi connectivity index (χ3v) is 7.05. The van der Waals surface area contributed by atoms with Crippen molar-refractivity contribution in [1.29, 1.82) is 0 Å². The summed E-state index contributed by atoms with van der Waals surface area (Å²) >= 11 is 0. The molecule has 30 heavy (non-hydrogen) atoms. The van der Waals surface area contributed by atoms with E-state index < -0.39 is 29.3 Å². The van der Waals surface area contributed by atoms with Crippen molar-refractivity contribution in [3.63, 3.8) is 0 Å². The monoisotopic (exact) mass is 458 g/mol. The van der Waals surface area contributed by atoms with E-state index in [2.05, 4.69) is 53.9 Å². The Morgan fingerprint density at radius 2 is 1.23 bits per heavy atom. The zero-order valence-corrected chi connectivity index (χ0v) is 24.2. The van der Waals surface area contributed by atoms with Crippen molar-refractivity contribution in [2.75, 3.05) is 6.56 Å². The molecule has 180 valence electrons. The summed E-state index contributed by atoms with van der Waals surface area (Å²) in [5.74, 6) is 2.37. The van der Waals surface area contributed by atoms with Crippen LogP contribution in [0.3, 0.4) is 0 Å². The Balaban J connectivity index is 4.52. The summed E-state index contributed by atoms with van der Waals surface area (Å²) in [5, 5.41) is 0. The van der Waals surface area contributed by atoms with Gasteiger partial charge in [-0.05, 0) is 75.5 Å². The van der Waals surface area contributed by atoms with Crippen molar-refractivity contribution in [3.8, 4) is 0 Å². The minimum Gasteiger partial charge on any atom is -0.415 e. The third kappa shape index (κ3) is 18.8. The minimum atomic E-state index is -2.05. The predicted molar refractivity (Wildman–Crippen MR) is 141 cm³/mol. The second-order valence-corrected chi connectivity index (χ2v) is 20.8. The number of hydrogen-bond donors (Lipinski definition) is 0. The molecule has 0 aliphatic heterocycles. The van der Waals surface area contributed by atoms with E-state index in [4.69, 9.17) is 11.6 Å². The molecule has 2 nitrogen and oxygen atoms in total. The maximum Gasteiger partial charge on any atom is 0.184 e. The molecule has 0 aromatic rings. The summed E-state index contributed by atoms with van der Waals surface area (Å²) in [5.41, 5.74) is 0.849. The maximum absolute atomic E-state index is 8.59. The standard InChI is InChI=1S/C26H56O2Si2/c1-22(2)15-12-16-23(3)17-13-18-24(4)19-14-20-25(5)26(28-30(9,10)11)21-27-29(6,7)8/h22-24,26H,5,12-21H2,1-4,6-11H3/i21D2. The first kappa shape index (κ1) is 26.3. The lowest BCUT2D eigenvalue weighted by atomic mass is 9.91. The number of rotatable bonds is 18. The topological polar surface area (TPSA) is 18.5 Å². The van der Waals surface area contributed by atoms with E-state index in [-0.39, 0.29) is 0 Å². The molecule has 0 aliphatic rings. The van der Waals surface area contributed by atoms with Crippen molar-refractivity contribution >= 4 is 16.6 Å². The molecule has 0 aliphatic carbocycles. The van der Waals surface area contributed by atoms with Crippen LogP contribution in [0.4, 0.5) is 0 Å². The molecule has 0 fully saturated rings. The molecule has 0 aromatic carbocycles. The summed E-state index contributed by atoms with van der Waals surface area (Å²) in [6, 6.07) is 0. The summed E-state index contributed by atoms with van der Waals surface area (Å²) in [6.07, 6.45) is 10.4. The largest absolute Gasteiger partial charge is 0.415 e. The molecule has 0 N–H and O–H groups in total. The van der Waals surface area contributed by atoms with Crippen molar-refractivity contribution in [3.05, 3.63) is 12.2 Å². The van der Waals surface area contributed by atoms with Crippen LogP contribution in [0.25, 0.3) is 0 Å². The van der Waals surface area contributed by atoms with Gasteiger partial charge in [-0.15, -0.1) is 0 Å². The molecule has 0 saturated heterocycles. The first-order valence-corrected chi connectivity index (χ1v) is 19.3. The zero-order chi connectivity index (χ0) is 25.2. The predicted octanol–water partition coefficient (Wildman–Crippen LogP) is 9.05. The zero-order valence-electron chi connectivity index (χ0n) is 24.2. The molecule has 0 saturated carbocycles. The second kappa shape index (κ2) is 15.0. The van der Waals surface area contributed by atoms with E-state index in [1.54, 1.807) is 0 Å². The van der Waals surface area contributed by atoms with Gasteiger partial charge in [0.25, 0.3) is 0 Å². The van der Waals surface area contributed by atoms with E-state index in [9.17, 15) is 0 Å². The van der Waals surface area contributed by atoms with Crippen molar-refractivity contribution < 1.29 is 11.6 Å². The van der Waals surface area contributed by atoms with E-state index in [1.165, 1.54) is 38.5 Å². The summed E-state index contributed by atoms with van der Waals surface area (Å²) in [6.45, 7) is 24.2. The molecule has 0 aromatic heterocycles. The van der Waals surface area contributed by atoms with Crippen LogP contribution in [0.2, 0.25) is 39.3 Å². The van der Waals surface area contributed by atoms with Gasteiger partial charge in [0.05, 0.1) is 15.4 Å². The van der Waals surface area contributed by atoms with Crippen LogP contribution in [-0.4, -0.2) is 29.3 Å². The van der Waals surface area contributed by atoms with Crippen LogP contribution in [0.15, 0.2) is 12.2 Å². The van der Waals surface area contributed by atoms with E-state index in [1.807, 2.05) is 19.6 Å². The molecule has 0 amide bonds. The fraction of sp³-hybridized carbons (Fsp3) is 0.923. The maximum atomic E-state index is 8.59. The lowest BCUT2D eigenvalue weighted by Crippen LogP contribution is -2.38. The van der Waals surface area contributed by atoms with E-state index in [0.717, 1.165) is 36.7 Å². The molecular weight excluding hydrogens is 400 g/mol. The Labute approximate surface area is 195 Å². The number of hydrogen-bond acceptors (Lipinski definition) is 2. The molecule has 3 atom stereocenters. The second-order valence-electron chi connectivity index (χ2n) is 12.0. The highest BCUT2D eigenvalue weighted by Gasteiger charge is 2.25. The molecular formula is C26H56O2Si2. The summed E-state index contributed by atoms with van der Waals surface area (Å²) in [7, 11) is -3.98. The smallest absolute Gasteiger partial charge is 0.184 e. The van der Waals surface area contributed by atoms with Gasteiger partial charge in [-0.1, -0.05) is 79.2 Å². The van der Waals surface area contributed by atoms with Crippen LogP contribution >= 0.6 is 0 Å². The SMILES string of the molecule is [2H]C([2H])(O[Si](C)(C)C)C(O[Si](C)(C)C)C(=C)CCCC(C)CCCC(C)CCCC(C)C. The van der Waals surface area contributed by atoms with E-state index >= 15 is 0 Å². The Bertz CT molecular complexity index is 525. The Morgan fingerprint density at radius 3 is 1.67 bits per heavy atom. The minimum absolute atomic E-state index is 0.678. The highest BCUT2D eigenvalue weighted by Crippen LogP contribution is 2.24. The van der Waals surface area contributed by atoms with Gasteiger partial charge in [0.15, 0.2) is 16.6 Å².